The third-order valence-electron chi connectivity index (χ3n) is 2.29. The first kappa shape index (κ1) is 15.1. The summed E-state index contributed by atoms with van der Waals surface area (Å²) < 4.78 is 30.9. The number of nitrogen functional groups attached to an aromatic ring is 1. The van der Waals surface area contributed by atoms with Crippen molar-refractivity contribution in [1.29, 1.82) is 0 Å². The van der Waals surface area contributed by atoms with Crippen molar-refractivity contribution in [2.24, 2.45) is 0 Å². The molecular formula is C11H16N2O5S. The number of nitrogens with one attached hydrogen (secondary N) is 1. The molecule has 1 rings (SSSR count). The highest BCUT2D eigenvalue weighted by Crippen LogP contribution is 2.27. The Morgan fingerprint density at radius 1 is 1.47 bits per heavy atom. The number of benzene rings is 1. The molecule has 0 aliphatic rings. The van der Waals surface area contributed by atoms with Crippen LogP contribution in [0.25, 0.3) is 0 Å². The van der Waals surface area contributed by atoms with Crippen LogP contribution in [-0.2, 0) is 14.8 Å². The van der Waals surface area contributed by atoms with Crippen LogP contribution in [0.5, 0.6) is 5.75 Å². The van der Waals surface area contributed by atoms with E-state index in [1.165, 1.54) is 13.2 Å². The topological polar surface area (TPSA) is 119 Å². The van der Waals surface area contributed by atoms with Crippen molar-refractivity contribution < 1.29 is 23.1 Å². The lowest BCUT2D eigenvalue weighted by molar-refractivity contribution is -0.137. The van der Waals surface area contributed by atoms with Gasteiger partial charge in [0, 0.05) is 12.1 Å². The Kier molecular flexibility index (Phi) is 4.99. The fourth-order valence-corrected chi connectivity index (χ4v) is 2.56. The summed E-state index contributed by atoms with van der Waals surface area (Å²) in [5.41, 5.74) is 6.20. The van der Waals surface area contributed by atoms with E-state index in [1.54, 1.807) is 12.1 Å². The van der Waals surface area contributed by atoms with Crippen LogP contribution in [0.3, 0.4) is 0 Å². The molecule has 0 saturated carbocycles. The summed E-state index contributed by atoms with van der Waals surface area (Å²) >= 11 is 0. The van der Waals surface area contributed by atoms with Gasteiger partial charge in [0.15, 0.2) is 0 Å². The maximum Gasteiger partial charge on any atom is 0.303 e. The number of nitrogens with two attached hydrogens (primary N) is 1. The molecule has 4 N–H and O–H groups in total. The van der Waals surface area contributed by atoms with Gasteiger partial charge in [0.25, 0.3) is 0 Å². The zero-order chi connectivity index (χ0) is 14.5. The van der Waals surface area contributed by atoms with Crippen LogP contribution < -0.4 is 15.2 Å². The standard InChI is InChI=1S/C11H16N2O5S/c1-18-10-5-4-8(12)7-9(10)13-19(16,17)6-2-3-11(14)15/h4-5,7,13H,2-3,6,12H2,1H3,(H,14,15). The van der Waals surface area contributed by atoms with Gasteiger partial charge in [-0.3, -0.25) is 9.52 Å². The van der Waals surface area contributed by atoms with Crippen molar-refractivity contribution in [2.75, 3.05) is 23.3 Å². The largest absolute Gasteiger partial charge is 0.495 e. The molecule has 106 valence electrons. The molecule has 0 saturated heterocycles. The molecule has 0 aliphatic heterocycles. The van der Waals surface area contributed by atoms with Crippen LogP contribution in [0.4, 0.5) is 11.4 Å². The molecule has 0 amide bonds. The minimum absolute atomic E-state index is 0.0370. The molecule has 7 nitrogen and oxygen atoms in total. The van der Waals surface area contributed by atoms with Gasteiger partial charge < -0.3 is 15.6 Å². The van der Waals surface area contributed by atoms with E-state index < -0.39 is 16.0 Å². The minimum Gasteiger partial charge on any atom is -0.495 e. The van der Waals surface area contributed by atoms with Crippen molar-refractivity contribution in [2.45, 2.75) is 12.8 Å². The average molecular weight is 288 g/mol. The molecular weight excluding hydrogens is 272 g/mol. The molecule has 0 unspecified atom stereocenters. The third kappa shape index (κ3) is 5.04. The molecule has 0 radical (unpaired) electrons. The Morgan fingerprint density at radius 3 is 2.74 bits per heavy atom. The number of aliphatic carboxylic acids is 1. The maximum absolute atomic E-state index is 11.8. The van der Waals surface area contributed by atoms with E-state index in [4.69, 9.17) is 15.6 Å². The van der Waals surface area contributed by atoms with E-state index in [2.05, 4.69) is 4.72 Å². The highest BCUT2D eigenvalue weighted by Gasteiger charge is 2.14. The molecule has 0 aliphatic carbocycles. The molecule has 0 bridgehead atoms. The van der Waals surface area contributed by atoms with E-state index in [0.29, 0.717) is 11.4 Å². The summed E-state index contributed by atoms with van der Waals surface area (Å²) in [4.78, 5) is 10.3. The lowest BCUT2D eigenvalue weighted by Gasteiger charge is -2.12. The molecule has 0 spiro atoms. The van der Waals surface area contributed by atoms with Gasteiger partial charge in [-0.05, 0) is 24.6 Å². The van der Waals surface area contributed by atoms with Gasteiger partial charge in [-0.15, -0.1) is 0 Å². The molecule has 0 fully saturated rings. The summed E-state index contributed by atoms with van der Waals surface area (Å²) in [6.07, 6.45) is -0.162. The van der Waals surface area contributed by atoms with Gasteiger partial charge in [-0.2, -0.15) is 0 Å². The molecule has 0 aromatic heterocycles. The van der Waals surface area contributed by atoms with Gasteiger partial charge in [0.1, 0.15) is 5.75 Å². The van der Waals surface area contributed by atoms with Crippen LogP contribution >= 0.6 is 0 Å². The first-order chi connectivity index (χ1) is 8.84. The summed E-state index contributed by atoms with van der Waals surface area (Å²) in [5, 5.41) is 8.47. The maximum atomic E-state index is 11.8. The zero-order valence-electron chi connectivity index (χ0n) is 10.4. The summed E-state index contributed by atoms with van der Waals surface area (Å²) in [7, 11) is -2.22. The second kappa shape index (κ2) is 6.28. The SMILES string of the molecule is COc1ccc(N)cc1NS(=O)(=O)CCCC(=O)O. The molecule has 1 aromatic rings. The molecule has 0 heterocycles. The Hall–Kier alpha value is -1.96. The van der Waals surface area contributed by atoms with Crippen molar-refractivity contribution in [3.63, 3.8) is 0 Å². The molecule has 0 atom stereocenters. The van der Waals surface area contributed by atoms with Gasteiger partial charge in [0.05, 0.1) is 18.6 Å². The summed E-state index contributed by atoms with van der Waals surface area (Å²) in [6, 6.07) is 4.57. The van der Waals surface area contributed by atoms with Crippen molar-refractivity contribution in [1.82, 2.24) is 0 Å². The highest BCUT2D eigenvalue weighted by atomic mass is 32.2. The van der Waals surface area contributed by atoms with Gasteiger partial charge in [-0.25, -0.2) is 8.42 Å². The fraction of sp³-hybridized carbons (Fsp3) is 0.364. The van der Waals surface area contributed by atoms with Gasteiger partial charge >= 0.3 is 5.97 Å². The number of methoxy groups -OCH3 is 1. The number of carbonyl (C=O) groups is 1. The minimum atomic E-state index is -3.63. The van der Waals surface area contributed by atoms with Gasteiger partial charge in [-0.1, -0.05) is 0 Å². The molecule has 1 aromatic carbocycles. The van der Waals surface area contributed by atoms with E-state index in [1.807, 2.05) is 0 Å². The lowest BCUT2D eigenvalue weighted by atomic mass is 10.2. The van der Waals surface area contributed by atoms with Crippen LogP contribution in [0.2, 0.25) is 0 Å². The van der Waals surface area contributed by atoms with E-state index >= 15 is 0 Å². The highest BCUT2D eigenvalue weighted by molar-refractivity contribution is 7.92. The number of carboxylic acids is 1. The predicted octanol–water partition coefficient (Wildman–Crippen LogP) is 0.884. The van der Waals surface area contributed by atoms with E-state index in [0.717, 1.165) is 0 Å². The number of rotatable bonds is 7. The zero-order valence-corrected chi connectivity index (χ0v) is 11.2. The van der Waals surface area contributed by atoms with Crippen LogP contribution in [0, 0.1) is 0 Å². The van der Waals surface area contributed by atoms with Crippen molar-refractivity contribution in [3.8, 4) is 5.75 Å². The normalized spacial score (nSPS) is 11.0. The van der Waals surface area contributed by atoms with Crippen molar-refractivity contribution in [3.05, 3.63) is 18.2 Å². The smallest absolute Gasteiger partial charge is 0.303 e. The Balaban J connectivity index is 2.77. The van der Waals surface area contributed by atoms with Crippen LogP contribution in [0.15, 0.2) is 18.2 Å². The number of sulfonamides is 1. The Bertz CT molecular complexity index is 556. The Morgan fingerprint density at radius 2 is 2.16 bits per heavy atom. The first-order valence-electron chi connectivity index (χ1n) is 5.50. The number of anilines is 2. The quantitative estimate of drug-likeness (QED) is 0.641. The number of carboxylic acid groups (broad SMARTS) is 1. The number of hydrogen-bond acceptors (Lipinski definition) is 5. The Labute approximate surface area is 111 Å². The average Bonchev–Trinajstić information content (AvgIpc) is 2.27. The van der Waals surface area contributed by atoms with Crippen molar-refractivity contribution >= 4 is 27.4 Å². The first-order valence-corrected chi connectivity index (χ1v) is 7.15. The molecule has 19 heavy (non-hydrogen) atoms. The van der Waals surface area contributed by atoms with Crippen LogP contribution in [0.1, 0.15) is 12.8 Å². The number of hydrogen-bond donors (Lipinski definition) is 3. The summed E-state index contributed by atoms with van der Waals surface area (Å²) in [6.45, 7) is 0. The van der Waals surface area contributed by atoms with E-state index in [-0.39, 0.29) is 24.3 Å². The van der Waals surface area contributed by atoms with Crippen LogP contribution in [-0.4, -0.2) is 32.4 Å². The second-order valence-corrected chi connectivity index (χ2v) is 5.72. The predicted molar refractivity (Wildman–Crippen MR) is 71.7 cm³/mol. The van der Waals surface area contributed by atoms with Gasteiger partial charge in [0.2, 0.25) is 10.0 Å². The molecule has 8 heteroatoms. The van der Waals surface area contributed by atoms with E-state index in [9.17, 15) is 13.2 Å². The summed E-state index contributed by atoms with van der Waals surface area (Å²) in [5.74, 6) is -0.968. The fourth-order valence-electron chi connectivity index (χ4n) is 1.44. The monoisotopic (exact) mass is 288 g/mol. The lowest BCUT2D eigenvalue weighted by Crippen LogP contribution is -2.18. The number of ether oxygens (including phenoxy) is 1. The second-order valence-electron chi connectivity index (χ2n) is 3.88. The third-order valence-corrected chi connectivity index (χ3v) is 3.65.